The fraction of sp³-hybridized carbons (Fsp3) is 0.474. The van der Waals surface area contributed by atoms with Gasteiger partial charge in [-0.25, -0.2) is 9.48 Å². The highest BCUT2D eigenvalue weighted by Crippen LogP contribution is 2.17. The van der Waals surface area contributed by atoms with Crippen LogP contribution in [0.5, 0.6) is 0 Å². The number of amides is 2. The second-order valence-electron chi connectivity index (χ2n) is 6.82. The summed E-state index contributed by atoms with van der Waals surface area (Å²) in [6, 6.07) is 10.4. The molecule has 2 saturated heterocycles. The maximum Gasteiger partial charge on any atom is 0.317 e. The number of nitrogens with zero attached hydrogens (tertiary/aromatic N) is 4. The van der Waals surface area contributed by atoms with Crippen molar-refractivity contribution in [3.05, 3.63) is 48.3 Å². The van der Waals surface area contributed by atoms with Gasteiger partial charge in [0, 0.05) is 50.5 Å². The molecule has 1 unspecified atom stereocenters. The summed E-state index contributed by atoms with van der Waals surface area (Å²) in [7, 11) is 0. The summed E-state index contributed by atoms with van der Waals surface area (Å²) in [5.41, 5.74) is 2.00. The average molecular weight is 355 g/mol. The van der Waals surface area contributed by atoms with Crippen molar-refractivity contribution in [1.29, 1.82) is 0 Å². The lowest BCUT2D eigenvalue weighted by molar-refractivity contribution is 0.0191. The van der Waals surface area contributed by atoms with Crippen LogP contribution in [0.3, 0.4) is 0 Å². The molecule has 0 radical (unpaired) electrons. The minimum Gasteiger partial charge on any atom is -0.379 e. The van der Waals surface area contributed by atoms with E-state index in [1.54, 1.807) is 6.20 Å². The molecule has 138 valence electrons. The van der Waals surface area contributed by atoms with Crippen LogP contribution in [-0.4, -0.2) is 71.0 Å². The van der Waals surface area contributed by atoms with Crippen LogP contribution in [0.1, 0.15) is 12.0 Å². The molecule has 1 aromatic carbocycles. The van der Waals surface area contributed by atoms with E-state index in [0.29, 0.717) is 12.6 Å². The highest BCUT2D eigenvalue weighted by Gasteiger charge is 2.31. The van der Waals surface area contributed by atoms with Crippen LogP contribution in [0.4, 0.5) is 4.79 Å². The van der Waals surface area contributed by atoms with Gasteiger partial charge in [0.1, 0.15) is 0 Å². The number of para-hydroxylation sites is 1. The topological polar surface area (TPSA) is 62.6 Å². The number of hydrogen-bond donors (Lipinski definition) is 1. The Morgan fingerprint density at radius 2 is 2.00 bits per heavy atom. The number of morpholine rings is 1. The first kappa shape index (κ1) is 17.1. The van der Waals surface area contributed by atoms with Crippen molar-refractivity contribution >= 4 is 6.03 Å². The quantitative estimate of drug-likeness (QED) is 0.903. The van der Waals surface area contributed by atoms with Gasteiger partial charge in [-0.2, -0.15) is 5.10 Å². The minimum atomic E-state index is 0.00761. The number of ether oxygens (including phenoxy) is 1. The van der Waals surface area contributed by atoms with Crippen molar-refractivity contribution < 1.29 is 9.53 Å². The summed E-state index contributed by atoms with van der Waals surface area (Å²) in [6.45, 7) is 5.65. The van der Waals surface area contributed by atoms with E-state index < -0.39 is 0 Å². The molecule has 2 amide bonds. The Labute approximate surface area is 153 Å². The van der Waals surface area contributed by atoms with Crippen molar-refractivity contribution in [2.45, 2.75) is 19.0 Å². The summed E-state index contributed by atoms with van der Waals surface area (Å²) in [5, 5.41) is 7.39. The Balaban J connectivity index is 1.27. The largest absolute Gasteiger partial charge is 0.379 e. The van der Waals surface area contributed by atoms with Crippen LogP contribution in [0.2, 0.25) is 0 Å². The molecular weight excluding hydrogens is 330 g/mol. The summed E-state index contributed by atoms with van der Waals surface area (Å²) >= 11 is 0. The normalized spacial score (nSPS) is 21.1. The van der Waals surface area contributed by atoms with E-state index in [2.05, 4.69) is 15.3 Å². The van der Waals surface area contributed by atoms with Gasteiger partial charge in [-0.3, -0.25) is 4.90 Å². The molecule has 0 bridgehead atoms. The molecule has 2 aromatic rings. The van der Waals surface area contributed by atoms with Gasteiger partial charge in [-0.1, -0.05) is 18.2 Å². The molecule has 4 rings (SSSR count). The SMILES string of the molecule is O=C(NCc1cnn(-c2ccccc2)c1)N1CCC(N2CCOCC2)C1. The molecule has 7 heteroatoms. The number of urea groups is 1. The molecule has 2 aliphatic heterocycles. The third-order valence-corrected chi connectivity index (χ3v) is 5.11. The van der Waals surface area contributed by atoms with Crippen molar-refractivity contribution in [2.75, 3.05) is 39.4 Å². The summed E-state index contributed by atoms with van der Waals surface area (Å²) < 4.78 is 7.24. The van der Waals surface area contributed by atoms with Gasteiger partial charge in [0.05, 0.1) is 25.1 Å². The maximum absolute atomic E-state index is 12.5. The molecular formula is C19H25N5O2. The lowest BCUT2D eigenvalue weighted by Crippen LogP contribution is -2.46. The van der Waals surface area contributed by atoms with Gasteiger partial charge in [-0.05, 0) is 18.6 Å². The van der Waals surface area contributed by atoms with Crippen LogP contribution in [0, 0.1) is 0 Å². The predicted octanol–water partition coefficient (Wildman–Crippen LogP) is 1.49. The number of likely N-dealkylation sites (tertiary alicyclic amines) is 1. The highest BCUT2D eigenvalue weighted by molar-refractivity contribution is 5.74. The van der Waals surface area contributed by atoms with E-state index in [4.69, 9.17) is 4.74 Å². The maximum atomic E-state index is 12.5. The van der Waals surface area contributed by atoms with E-state index in [1.807, 2.05) is 46.1 Å². The zero-order chi connectivity index (χ0) is 17.8. The van der Waals surface area contributed by atoms with E-state index in [0.717, 1.165) is 57.1 Å². The number of aromatic nitrogens is 2. The second kappa shape index (κ2) is 7.88. The first-order valence-corrected chi connectivity index (χ1v) is 9.23. The molecule has 1 N–H and O–H groups in total. The Bertz CT molecular complexity index is 727. The van der Waals surface area contributed by atoms with Gasteiger partial charge in [0.15, 0.2) is 0 Å². The molecule has 0 spiro atoms. The Kier molecular flexibility index (Phi) is 5.17. The second-order valence-corrected chi connectivity index (χ2v) is 6.82. The lowest BCUT2D eigenvalue weighted by atomic mass is 10.2. The van der Waals surface area contributed by atoms with Gasteiger partial charge in [-0.15, -0.1) is 0 Å². The number of carbonyl (C=O) groups is 1. The monoisotopic (exact) mass is 355 g/mol. The third-order valence-electron chi connectivity index (χ3n) is 5.11. The van der Waals surface area contributed by atoms with Gasteiger partial charge >= 0.3 is 6.03 Å². The molecule has 1 aromatic heterocycles. The lowest BCUT2D eigenvalue weighted by Gasteiger charge is -2.32. The number of rotatable bonds is 4. The van der Waals surface area contributed by atoms with Gasteiger partial charge < -0.3 is 15.0 Å². The highest BCUT2D eigenvalue weighted by atomic mass is 16.5. The van der Waals surface area contributed by atoms with Crippen LogP contribution >= 0.6 is 0 Å². The van der Waals surface area contributed by atoms with Crippen molar-refractivity contribution in [1.82, 2.24) is 24.9 Å². The van der Waals surface area contributed by atoms with Crippen LogP contribution in [-0.2, 0) is 11.3 Å². The third kappa shape index (κ3) is 3.89. The molecule has 2 fully saturated rings. The van der Waals surface area contributed by atoms with Crippen LogP contribution < -0.4 is 5.32 Å². The minimum absolute atomic E-state index is 0.00761. The van der Waals surface area contributed by atoms with Crippen molar-refractivity contribution in [2.24, 2.45) is 0 Å². The van der Waals surface area contributed by atoms with Crippen molar-refractivity contribution in [3.8, 4) is 5.69 Å². The predicted molar refractivity (Wildman–Crippen MR) is 98.2 cm³/mol. The molecule has 0 aliphatic carbocycles. The summed E-state index contributed by atoms with van der Waals surface area (Å²) in [6.07, 6.45) is 4.79. The molecule has 1 atom stereocenters. The Morgan fingerprint density at radius 1 is 1.19 bits per heavy atom. The standard InChI is InChI=1S/C19H25N5O2/c25-19(23-7-6-18(15-23)22-8-10-26-11-9-22)20-12-16-13-21-24(14-16)17-4-2-1-3-5-17/h1-5,13-14,18H,6-12,15H2,(H,20,25). The summed E-state index contributed by atoms with van der Waals surface area (Å²) in [5.74, 6) is 0. The Morgan fingerprint density at radius 3 is 2.81 bits per heavy atom. The molecule has 3 heterocycles. The zero-order valence-electron chi connectivity index (χ0n) is 14.9. The zero-order valence-corrected chi connectivity index (χ0v) is 14.9. The molecule has 0 saturated carbocycles. The first-order chi connectivity index (χ1) is 12.8. The van der Waals surface area contributed by atoms with Crippen LogP contribution in [0.15, 0.2) is 42.7 Å². The average Bonchev–Trinajstić information content (AvgIpc) is 3.37. The van der Waals surface area contributed by atoms with Crippen molar-refractivity contribution in [3.63, 3.8) is 0 Å². The number of hydrogen-bond acceptors (Lipinski definition) is 4. The van der Waals surface area contributed by atoms with Crippen LogP contribution in [0.25, 0.3) is 5.69 Å². The fourth-order valence-electron chi connectivity index (χ4n) is 3.63. The van der Waals surface area contributed by atoms with E-state index in [9.17, 15) is 4.79 Å². The van der Waals surface area contributed by atoms with Gasteiger partial charge in [0.25, 0.3) is 0 Å². The smallest absolute Gasteiger partial charge is 0.317 e. The molecule has 26 heavy (non-hydrogen) atoms. The molecule has 2 aliphatic rings. The number of benzene rings is 1. The van der Waals surface area contributed by atoms with E-state index >= 15 is 0 Å². The van der Waals surface area contributed by atoms with Gasteiger partial charge in [0.2, 0.25) is 0 Å². The Hall–Kier alpha value is -2.38. The number of carbonyl (C=O) groups excluding carboxylic acids is 1. The van der Waals surface area contributed by atoms with E-state index in [-0.39, 0.29) is 6.03 Å². The number of nitrogens with one attached hydrogen (secondary N) is 1. The fourth-order valence-corrected chi connectivity index (χ4v) is 3.63. The summed E-state index contributed by atoms with van der Waals surface area (Å²) in [4.78, 5) is 16.8. The molecule has 7 nitrogen and oxygen atoms in total. The first-order valence-electron chi connectivity index (χ1n) is 9.23. The van der Waals surface area contributed by atoms with E-state index in [1.165, 1.54) is 0 Å².